The lowest BCUT2D eigenvalue weighted by molar-refractivity contribution is 0.949. The molecule has 0 saturated carbocycles. The van der Waals surface area contributed by atoms with Gasteiger partial charge in [-0.3, -0.25) is 4.98 Å². The van der Waals surface area contributed by atoms with Crippen LogP contribution in [0.25, 0.3) is 22.4 Å². The molecule has 3 aromatic rings. The van der Waals surface area contributed by atoms with E-state index in [1.165, 1.54) is 0 Å². The number of halogens is 1. The molecule has 0 spiro atoms. The van der Waals surface area contributed by atoms with Gasteiger partial charge in [-0.05, 0) is 60.4 Å². The van der Waals surface area contributed by atoms with E-state index >= 15 is 0 Å². The second-order valence-corrected chi connectivity index (χ2v) is 6.88. The highest BCUT2D eigenvalue weighted by Gasteiger charge is 2.21. The van der Waals surface area contributed by atoms with Crippen LogP contribution in [0, 0.1) is 11.3 Å². The molecule has 4 heteroatoms. The Morgan fingerprint density at radius 2 is 1.73 bits per heavy atom. The molecule has 0 radical (unpaired) electrons. The van der Waals surface area contributed by atoms with E-state index in [1.54, 1.807) is 6.20 Å². The van der Waals surface area contributed by atoms with Gasteiger partial charge in [0.25, 0.3) is 0 Å². The van der Waals surface area contributed by atoms with Crippen LogP contribution in [0.5, 0.6) is 0 Å². The summed E-state index contributed by atoms with van der Waals surface area (Å²) in [5.74, 6) is 0. The van der Waals surface area contributed by atoms with Crippen LogP contribution in [-0.2, 0) is 0 Å². The number of nitrogens with zero attached hydrogens (tertiary/aromatic N) is 3. The van der Waals surface area contributed by atoms with Gasteiger partial charge in [-0.1, -0.05) is 29.8 Å². The minimum absolute atomic E-state index is 0.698. The fourth-order valence-corrected chi connectivity index (χ4v) is 3.61. The van der Waals surface area contributed by atoms with E-state index in [9.17, 15) is 5.26 Å². The van der Waals surface area contributed by atoms with Crippen LogP contribution in [0.4, 0.5) is 5.69 Å². The molecule has 2 heterocycles. The van der Waals surface area contributed by atoms with Crippen molar-refractivity contribution in [1.82, 2.24) is 4.98 Å². The van der Waals surface area contributed by atoms with Crippen LogP contribution >= 0.6 is 11.6 Å². The lowest BCUT2D eigenvalue weighted by Gasteiger charge is -2.22. The first-order valence-corrected chi connectivity index (χ1v) is 9.14. The van der Waals surface area contributed by atoms with E-state index in [0.29, 0.717) is 10.6 Å². The zero-order valence-corrected chi connectivity index (χ0v) is 15.1. The Balaban J connectivity index is 1.94. The Bertz CT molecular complexity index is 953. The lowest BCUT2D eigenvalue weighted by atomic mass is 9.95. The van der Waals surface area contributed by atoms with Crippen molar-refractivity contribution in [2.75, 3.05) is 18.0 Å². The Labute approximate surface area is 158 Å². The van der Waals surface area contributed by atoms with Crippen molar-refractivity contribution in [2.45, 2.75) is 12.8 Å². The highest BCUT2D eigenvalue weighted by Crippen LogP contribution is 2.37. The monoisotopic (exact) mass is 359 g/mol. The maximum atomic E-state index is 9.90. The molecule has 1 aliphatic rings. The summed E-state index contributed by atoms with van der Waals surface area (Å²) in [6.07, 6.45) is 4.09. The second-order valence-electron chi connectivity index (χ2n) is 6.45. The van der Waals surface area contributed by atoms with Gasteiger partial charge in [0.05, 0.1) is 16.9 Å². The Morgan fingerprint density at radius 3 is 2.38 bits per heavy atom. The molecule has 0 unspecified atom stereocenters. The number of aromatic nitrogens is 1. The van der Waals surface area contributed by atoms with E-state index in [4.69, 9.17) is 11.6 Å². The van der Waals surface area contributed by atoms with Gasteiger partial charge < -0.3 is 4.90 Å². The summed E-state index contributed by atoms with van der Waals surface area (Å²) < 4.78 is 0. The molecule has 1 fully saturated rings. The number of hydrogen-bond donors (Lipinski definition) is 0. The topological polar surface area (TPSA) is 39.9 Å². The van der Waals surface area contributed by atoms with Crippen molar-refractivity contribution >= 4 is 17.3 Å². The van der Waals surface area contributed by atoms with Crippen LogP contribution in [0.3, 0.4) is 0 Å². The number of pyridine rings is 1. The first-order chi connectivity index (χ1) is 12.8. The lowest BCUT2D eigenvalue weighted by Crippen LogP contribution is -2.19. The molecular weight excluding hydrogens is 342 g/mol. The zero-order valence-electron chi connectivity index (χ0n) is 14.3. The van der Waals surface area contributed by atoms with Crippen LogP contribution in [-0.4, -0.2) is 18.1 Å². The smallest absolute Gasteiger partial charge is 0.102 e. The van der Waals surface area contributed by atoms with Gasteiger partial charge in [-0.15, -0.1) is 0 Å². The molecule has 3 nitrogen and oxygen atoms in total. The molecule has 0 aliphatic carbocycles. The third-order valence-electron chi connectivity index (χ3n) is 4.79. The molecule has 0 amide bonds. The fraction of sp³-hybridized carbons (Fsp3) is 0.182. The predicted octanol–water partition coefficient (Wildman–Crippen LogP) is 5.54. The predicted molar refractivity (Wildman–Crippen MR) is 106 cm³/mol. The van der Waals surface area contributed by atoms with Crippen molar-refractivity contribution in [3.63, 3.8) is 0 Å². The first-order valence-electron chi connectivity index (χ1n) is 8.77. The van der Waals surface area contributed by atoms with Crippen molar-refractivity contribution in [1.29, 1.82) is 5.26 Å². The zero-order chi connectivity index (χ0) is 17.9. The van der Waals surface area contributed by atoms with E-state index in [0.717, 1.165) is 54.0 Å². The Hall–Kier alpha value is -2.83. The summed E-state index contributed by atoms with van der Waals surface area (Å²) in [4.78, 5) is 6.79. The molecule has 1 saturated heterocycles. The van der Waals surface area contributed by atoms with Gasteiger partial charge in [-0.25, -0.2) is 0 Å². The van der Waals surface area contributed by atoms with Gasteiger partial charge in [0.15, 0.2) is 0 Å². The molecule has 1 aliphatic heterocycles. The average molecular weight is 360 g/mol. The fourth-order valence-electron chi connectivity index (χ4n) is 3.48. The van der Waals surface area contributed by atoms with Gasteiger partial charge in [-0.2, -0.15) is 5.26 Å². The third-order valence-corrected chi connectivity index (χ3v) is 5.05. The molecule has 26 heavy (non-hydrogen) atoms. The van der Waals surface area contributed by atoms with Gasteiger partial charge in [0, 0.05) is 29.9 Å². The molecule has 0 N–H and O–H groups in total. The van der Waals surface area contributed by atoms with Crippen molar-refractivity contribution < 1.29 is 0 Å². The number of rotatable bonds is 3. The SMILES string of the molecule is N#Cc1c(-c2ccccn2)cc(-c2ccc(Cl)cc2)cc1N1CCCC1. The average Bonchev–Trinajstić information content (AvgIpc) is 3.23. The minimum Gasteiger partial charge on any atom is -0.370 e. The number of nitriles is 1. The third kappa shape index (κ3) is 3.16. The largest absolute Gasteiger partial charge is 0.370 e. The van der Waals surface area contributed by atoms with Crippen LogP contribution in [0.2, 0.25) is 5.02 Å². The van der Waals surface area contributed by atoms with Gasteiger partial charge >= 0.3 is 0 Å². The Morgan fingerprint density at radius 1 is 0.962 bits per heavy atom. The van der Waals surface area contributed by atoms with E-state index in [-0.39, 0.29) is 0 Å². The summed E-state index contributed by atoms with van der Waals surface area (Å²) >= 11 is 6.05. The molecule has 2 aromatic carbocycles. The second kappa shape index (κ2) is 7.19. The molecule has 1 aromatic heterocycles. The molecule has 0 atom stereocenters. The van der Waals surface area contributed by atoms with Crippen molar-refractivity contribution in [3.8, 4) is 28.5 Å². The molecule has 0 bridgehead atoms. The molecular formula is C22H18ClN3. The molecule has 4 rings (SSSR count). The van der Waals surface area contributed by atoms with Gasteiger partial charge in [0.2, 0.25) is 0 Å². The normalized spacial score (nSPS) is 13.6. The summed E-state index contributed by atoms with van der Waals surface area (Å²) in [6, 6.07) is 20.2. The highest BCUT2D eigenvalue weighted by molar-refractivity contribution is 6.30. The van der Waals surface area contributed by atoms with E-state index < -0.39 is 0 Å². The molecule has 128 valence electrons. The summed E-state index contributed by atoms with van der Waals surface area (Å²) in [5.41, 5.74) is 5.55. The Kier molecular flexibility index (Phi) is 4.60. The number of benzene rings is 2. The minimum atomic E-state index is 0.698. The van der Waals surface area contributed by atoms with E-state index in [1.807, 2.05) is 42.5 Å². The van der Waals surface area contributed by atoms with Crippen molar-refractivity contribution in [2.24, 2.45) is 0 Å². The van der Waals surface area contributed by atoms with Gasteiger partial charge in [0.1, 0.15) is 6.07 Å². The summed E-state index contributed by atoms with van der Waals surface area (Å²) in [5, 5.41) is 10.6. The first kappa shape index (κ1) is 16.6. The summed E-state index contributed by atoms with van der Waals surface area (Å²) in [7, 11) is 0. The van der Waals surface area contributed by atoms with Crippen LogP contribution in [0.1, 0.15) is 18.4 Å². The van der Waals surface area contributed by atoms with Crippen LogP contribution in [0.15, 0.2) is 60.8 Å². The van der Waals surface area contributed by atoms with E-state index in [2.05, 4.69) is 28.1 Å². The highest BCUT2D eigenvalue weighted by atomic mass is 35.5. The number of hydrogen-bond acceptors (Lipinski definition) is 3. The summed E-state index contributed by atoms with van der Waals surface area (Å²) in [6.45, 7) is 1.97. The van der Waals surface area contributed by atoms with Crippen molar-refractivity contribution in [3.05, 3.63) is 71.4 Å². The standard InChI is InChI=1S/C22H18ClN3/c23-18-8-6-16(7-9-18)17-13-19(21-5-1-2-10-25-21)20(15-24)22(14-17)26-11-3-4-12-26/h1-2,5-10,13-14H,3-4,11-12H2. The number of anilines is 1. The maximum absolute atomic E-state index is 9.90. The quantitative estimate of drug-likeness (QED) is 0.616. The van der Waals surface area contributed by atoms with Crippen LogP contribution < -0.4 is 4.90 Å². The maximum Gasteiger partial charge on any atom is 0.102 e.